The summed E-state index contributed by atoms with van der Waals surface area (Å²) in [6.07, 6.45) is 0.326. The first-order chi connectivity index (χ1) is 9.78. The highest BCUT2D eigenvalue weighted by Crippen LogP contribution is 2.24. The Kier molecular flexibility index (Phi) is 4.02. The fraction of sp³-hybridized carbons (Fsp3) is 0.375. The second-order valence-electron chi connectivity index (χ2n) is 6.29. The van der Waals surface area contributed by atoms with E-state index in [9.17, 15) is 9.59 Å². The van der Waals surface area contributed by atoms with E-state index >= 15 is 0 Å². The van der Waals surface area contributed by atoms with Crippen molar-refractivity contribution in [3.63, 3.8) is 0 Å². The van der Waals surface area contributed by atoms with Crippen molar-refractivity contribution < 1.29 is 14.0 Å². The summed E-state index contributed by atoms with van der Waals surface area (Å²) in [6, 6.07) is 7.43. The van der Waals surface area contributed by atoms with Gasteiger partial charge in [-0.1, -0.05) is 39.0 Å². The first kappa shape index (κ1) is 15.1. The number of amides is 2. The zero-order chi connectivity index (χ0) is 15.6. The fourth-order valence-corrected chi connectivity index (χ4v) is 2.10. The van der Waals surface area contributed by atoms with Gasteiger partial charge in [-0.25, -0.2) is 0 Å². The number of aryl methyl sites for hydroxylation is 1. The Morgan fingerprint density at radius 1 is 1.14 bits per heavy atom. The number of rotatable bonds is 2. The standard InChI is InChI=1S/C16H20N2O3/c1-10-11-7-5-6-8-12(11)21-14(10)15(20)18-17-13(19)9-16(2,3)4/h5-8H,9H2,1-4H3,(H,17,19)(H,18,20). The number of fused-ring (bicyclic) bond motifs is 1. The minimum Gasteiger partial charge on any atom is -0.451 e. The molecule has 0 aliphatic carbocycles. The van der Waals surface area contributed by atoms with Crippen molar-refractivity contribution in [2.24, 2.45) is 5.41 Å². The van der Waals surface area contributed by atoms with E-state index in [1.54, 1.807) is 6.07 Å². The van der Waals surface area contributed by atoms with Gasteiger partial charge in [0, 0.05) is 17.4 Å². The van der Waals surface area contributed by atoms with E-state index < -0.39 is 5.91 Å². The van der Waals surface area contributed by atoms with Crippen LogP contribution in [0.2, 0.25) is 0 Å². The SMILES string of the molecule is Cc1c(C(=O)NNC(=O)CC(C)(C)C)oc2ccccc12. The largest absolute Gasteiger partial charge is 0.451 e. The van der Waals surface area contributed by atoms with E-state index in [0.717, 1.165) is 10.9 Å². The van der Waals surface area contributed by atoms with Gasteiger partial charge in [-0.2, -0.15) is 0 Å². The number of nitrogens with one attached hydrogen (secondary N) is 2. The van der Waals surface area contributed by atoms with Crippen molar-refractivity contribution >= 4 is 22.8 Å². The van der Waals surface area contributed by atoms with E-state index in [2.05, 4.69) is 10.9 Å². The van der Waals surface area contributed by atoms with E-state index in [1.807, 2.05) is 45.9 Å². The molecule has 0 saturated carbocycles. The number of hydrazine groups is 1. The summed E-state index contributed by atoms with van der Waals surface area (Å²) in [4.78, 5) is 23.8. The monoisotopic (exact) mass is 288 g/mol. The molecule has 0 fully saturated rings. The van der Waals surface area contributed by atoms with E-state index in [-0.39, 0.29) is 17.1 Å². The van der Waals surface area contributed by atoms with Crippen LogP contribution in [0.15, 0.2) is 28.7 Å². The van der Waals surface area contributed by atoms with Crippen molar-refractivity contribution in [3.8, 4) is 0 Å². The molecule has 0 aliphatic heterocycles. The third-order valence-corrected chi connectivity index (χ3v) is 3.06. The lowest BCUT2D eigenvalue weighted by Crippen LogP contribution is -2.42. The minimum atomic E-state index is -0.453. The number of hydrogen-bond donors (Lipinski definition) is 2. The van der Waals surface area contributed by atoms with Crippen molar-refractivity contribution in [3.05, 3.63) is 35.6 Å². The van der Waals surface area contributed by atoms with Crippen LogP contribution in [0.25, 0.3) is 11.0 Å². The molecular weight excluding hydrogens is 268 g/mol. The zero-order valence-corrected chi connectivity index (χ0v) is 12.7. The van der Waals surface area contributed by atoms with Crippen LogP contribution in [0.5, 0.6) is 0 Å². The number of carbonyl (C=O) groups excluding carboxylic acids is 2. The second kappa shape index (κ2) is 5.60. The van der Waals surface area contributed by atoms with Crippen LogP contribution < -0.4 is 10.9 Å². The molecule has 0 bridgehead atoms. The third-order valence-electron chi connectivity index (χ3n) is 3.06. The predicted molar refractivity (Wildman–Crippen MR) is 80.6 cm³/mol. The first-order valence-corrected chi connectivity index (χ1v) is 6.85. The summed E-state index contributed by atoms with van der Waals surface area (Å²) < 4.78 is 5.53. The Morgan fingerprint density at radius 3 is 2.43 bits per heavy atom. The number of carbonyl (C=O) groups is 2. The average molecular weight is 288 g/mol. The molecule has 0 unspecified atom stereocenters. The lowest BCUT2D eigenvalue weighted by Gasteiger charge is -2.17. The second-order valence-corrected chi connectivity index (χ2v) is 6.29. The molecule has 5 heteroatoms. The van der Waals surface area contributed by atoms with Gasteiger partial charge in [-0.15, -0.1) is 0 Å². The molecule has 21 heavy (non-hydrogen) atoms. The van der Waals surface area contributed by atoms with Crippen LogP contribution in [-0.4, -0.2) is 11.8 Å². The van der Waals surface area contributed by atoms with Crippen LogP contribution in [0, 0.1) is 12.3 Å². The first-order valence-electron chi connectivity index (χ1n) is 6.85. The summed E-state index contributed by atoms with van der Waals surface area (Å²) in [5.74, 6) is -0.470. The molecule has 5 nitrogen and oxygen atoms in total. The highest BCUT2D eigenvalue weighted by molar-refractivity contribution is 5.99. The highest BCUT2D eigenvalue weighted by atomic mass is 16.3. The Hall–Kier alpha value is -2.30. The Bertz CT molecular complexity index is 680. The van der Waals surface area contributed by atoms with Gasteiger partial charge in [0.25, 0.3) is 0 Å². The number of furan rings is 1. The summed E-state index contributed by atoms with van der Waals surface area (Å²) >= 11 is 0. The summed E-state index contributed by atoms with van der Waals surface area (Å²) in [5, 5.41) is 0.892. The molecular formula is C16H20N2O3. The molecule has 2 amide bonds. The lowest BCUT2D eigenvalue weighted by molar-refractivity contribution is -0.123. The van der Waals surface area contributed by atoms with Gasteiger partial charge in [-0.05, 0) is 18.4 Å². The average Bonchev–Trinajstić information content (AvgIpc) is 2.72. The van der Waals surface area contributed by atoms with Crippen LogP contribution in [0.4, 0.5) is 0 Å². The zero-order valence-electron chi connectivity index (χ0n) is 12.7. The molecule has 2 aromatic rings. The maximum Gasteiger partial charge on any atom is 0.305 e. The topological polar surface area (TPSA) is 71.3 Å². The molecule has 0 saturated heterocycles. The number of benzene rings is 1. The number of para-hydroxylation sites is 1. The molecule has 0 radical (unpaired) electrons. The molecule has 2 N–H and O–H groups in total. The van der Waals surface area contributed by atoms with Gasteiger partial charge in [0.05, 0.1) is 0 Å². The van der Waals surface area contributed by atoms with Gasteiger partial charge in [-0.3, -0.25) is 20.4 Å². The van der Waals surface area contributed by atoms with E-state index in [4.69, 9.17) is 4.42 Å². The summed E-state index contributed by atoms with van der Waals surface area (Å²) in [7, 11) is 0. The predicted octanol–water partition coefficient (Wildman–Crippen LogP) is 2.94. The minimum absolute atomic E-state index is 0.135. The van der Waals surface area contributed by atoms with Crippen molar-refractivity contribution in [2.75, 3.05) is 0 Å². The molecule has 2 rings (SSSR count). The van der Waals surface area contributed by atoms with E-state index in [1.165, 1.54) is 0 Å². The molecule has 0 aliphatic rings. The highest BCUT2D eigenvalue weighted by Gasteiger charge is 2.19. The quantitative estimate of drug-likeness (QED) is 0.835. The molecule has 1 heterocycles. The number of hydrogen-bond acceptors (Lipinski definition) is 3. The fourth-order valence-electron chi connectivity index (χ4n) is 2.10. The lowest BCUT2D eigenvalue weighted by atomic mass is 9.92. The van der Waals surface area contributed by atoms with Gasteiger partial charge in [0.1, 0.15) is 5.58 Å². The Labute approximate surface area is 123 Å². The van der Waals surface area contributed by atoms with Crippen molar-refractivity contribution in [2.45, 2.75) is 34.1 Å². The molecule has 0 atom stereocenters. The van der Waals surface area contributed by atoms with Crippen LogP contribution in [0.3, 0.4) is 0 Å². The summed E-state index contributed by atoms with van der Waals surface area (Å²) in [5.41, 5.74) is 6.08. The molecule has 1 aromatic heterocycles. The van der Waals surface area contributed by atoms with Crippen LogP contribution >= 0.6 is 0 Å². The van der Waals surface area contributed by atoms with E-state index in [0.29, 0.717) is 12.0 Å². The third kappa shape index (κ3) is 3.62. The smallest absolute Gasteiger partial charge is 0.305 e. The Morgan fingerprint density at radius 2 is 1.81 bits per heavy atom. The maximum atomic E-state index is 12.1. The normalized spacial score (nSPS) is 11.4. The van der Waals surface area contributed by atoms with Gasteiger partial charge in [0.2, 0.25) is 5.91 Å². The van der Waals surface area contributed by atoms with Gasteiger partial charge in [0.15, 0.2) is 5.76 Å². The summed E-state index contributed by atoms with van der Waals surface area (Å²) in [6.45, 7) is 7.69. The maximum absolute atomic E-state index is 12.1. The molecule has 1 aromatic carbocycles. The van der Waals surface area contributed by atoms with Crippen molar-refractivity contribution in [1.29, 1.82) is 0 Å². The van der Waals surface area contributed by atoms with Gasteiger partial charge < -0.3 is 4.42 Å². The van der Waals surface area contributed by atoms with Crippen LogP contribution in [-0.2, 0) is 4.79 Å². The van der Waals surface area contributed by atoms with Crippen molar-refractivity contribution in [1.82, 2.24) is 10.9 Å². The Balaban J connectivity index is 2.06. The molecule has 112 valence electrons. The van der Waals surface area contributed by atoms with Crippen LogP contribution in [0.1, 0.15) is 43.3 Å². The molecule has 0 spiro atoms. The van der Waals surface area contributed by atoms with Gasteiger partial charge >= 0.3 is 5.91 Å².